The molecule has 3 heteroatoms. The first-order chi connectivity index (χ1) is 12.6. The lowest BCUT2D eigenvalue weighted by molar-refractivity contribution is 0.189. The summed E-state index contributed by atoms with van der Waals surface area (Å²) in [7, 11) is 0. The van der Waals surface area contributed by atoms with Gasteiger partial charge in [0.2, 0.25) is 0 Å². The molecule has 0 aromatic heterocycles. The molecule has 1 fully saturated rings. The van der Waals surface area contributed by atoms with Crippen molar-refractivity contribution in [2.24, 2.45) is 17.8 Å². The van der Waals surface area contributed by atoms with E-state index in [1.807, 2.05) is 13.0 Å². The smallest absolute Gasteiger partial charge is 0.153 e. The molecule has 0 saturated heterocycles. The van der Waals surface area contributed by atoms with Gasteiger partial charge >= 0.3 is 0 Å². The predicted molar refractivity (Wildman–Crippen MR) is 108 cm³/mol. The maximum Gasteiger partial charge on any atom is 0.153 e. The normalized spacial score (nSPS) is 26.5. The Hall–Kier alpha value is -1.02. The predicted octanol–water partition coefficient (Wildman–Crippen LogP) is 7.67. The van der Waals surface area contributed by atoms with Crippen LogP contribution in [0.2, 0.25) is 5.02 Å². The number of benzene rings is 1. The van der Waals surface area contributed by atoms with Crippen LogP contribution in [0.3, 0.4) is 0 Å². The van der Waals surface area contributed by atoms with Gasteiger partial charge in [-0.2, -0.15) is 0 Å². The van der Waals surface area contributed by atoms with Crippen molar-refractivity contribution in [3.63, 3.8) is 0 Å². The van der Waals surface area contributed by atoms with E-state index in [2.05, 4.69) is 13.0 Å². The van der Waals surface area contributed by atoms with Gasteiger partial charge in [-0.25, -0.2) is 4.39 Å². The summed E-state index contributed by atoms with van der Waals surface area (Å²) in [5.41, 5.74) is 1.77. The van der Waals surface area contributed by atoms with Gasteiger partial charge < -0.3 is 4.74 Å². The molecule has 0 aliphatic heterocycles. The zero-order chi connectivity index (χ0) is 18.5. The molecule has 26 heavy (non-hydrogen) atoms. The zero-order valence-corrected chi connectivity index (χ0v) is 17.0. The van der Waals surface area contributed by atoms with Crippen LogP contribution in [0.4, 0.5) is 4.39 Å². The summed E-state index contributed by atoms with van der Waals surface area (Å²) < 4.78 is 20.1. The van der Waals surface area contributed by atoms with Crippen LogP contribution in [0.5, 0.6) is 5.75 Å². The second kappa shape index (κ2) is 9.26. The third-order valence-corrected chi connectivity index (χ3v) is 6.75. The van der Waals surface area contributed by atoms with Crippen molar-refractivity contribution in [1.29, 1.82) is 0 Å². The molecule has 144 valence electrons. The number of ether oxygens (including phenoxy) is 1. The van der Waals surface area contributed by atoms with Gasteiger partial charge in [0.1, 0.15) is 10.8 Å². The summed E-state index contributed by atoms with van der Waals surface area (Å²) in [5.74, 6) is 2.72. The minimum atomic E-state index is -0.331. The molecule has 2 aliphatic carbocycles. The Labute approximate surface area is 163 Å². The molecule has 0 heterocycles. The Balaban J connectivity index is 1.62. The standard InChI is InChI=1S/C23H32ClFO/c1-3-5-16-6-8-17(9-7-16)18-10-12-19(13-11-18)20-14-15-21(26-4-2)22(24)23(20)25/h12,14-18H,3-11,13H2,1-2H3/t16-,17-,18?. The molecule has 0 N–H and O–H groups in total. The molecule has 1 aromatic carbocycles. The highest BCUT2D eigenvalue weighted by Crippen LogP contribution is 2.43. The quantitative estimate of drug-likeness (QED) is 0.493. The van der Waals surface area contributed by atoms with Crippen LogP contribution in [0.15, 0.2) is 18.2 Å². The van der Waals surface area contributed by atoms with Crippen LogP contribution < -0.4 is 4.74 Å². The van der Waals surface area contributed by atoms with Crippen molar-refractivity contribution in [2.45, 2.75) is 71.6 Å². The van der Waals surface area contributed by atoms with Crippen LogP contribution in [0.25, 0.3) is 5.57 Å². The first-order valence-corrected chi connectivity index (χ1v) is 10.8. The van der Waals surface area contributed by atoms with Gasteiger partial charge in [-0.3, -0.25) is 0 Å². The molecule has 0 amide bonds. The average molecular weight is 379 g/mol. The van der Waals surface area contributed by atoms with Crippen LogP contribution in [-0.2, 0) is 0 Å². The molecule has 3 rings (SSSR count). The van der Waals surface area contributed by atoms with Crippen molar-refractivity contribution >= 4 is 17.2 Å². The van der Waals surface area contributed by atoms with Crippen LogP contribution in [0.1, 0.15) is 77.2 Å². The topological polar surface area (TPSA) is 9.23 Å². The number of hydrogen-bond donors (Lipinski definition) is 0. The van der Waals surface area contributed by atoms with E-state index >= 15 is 0 Å². The van der Waals surface area contributed by atoms with E-state index in [1.54, 1.807) is 6.07 Å². The van der Waals surface area contributed by atoms with Crippen LogP contribution >= 0.6 is 11.6 Å². The third-order valence-electron chi connectivity index (χ3n) is 6.40. The summed E-state index contributed by atoms with van der Waals surface area (Å²) in [6.07, 6.45) is 13.8. The fraction of sp³-hybridized carbons (Fsp3) is 0.652. The molecule has 1 atom stereocenters. The Morgan fingerprint density at radius 2 is 1.85 bits per heavy atom. The monoisotopic (exact) mass is 378 g/mol. The van der Waals surface area contributed by atoms with E-state index in [1.165, 1.54) is 44.9 Å². The molecule has 2 aliphatic rings. The van der Waals surface area contributed by atoms with Gasteiger partial charge in [0, 0.05) is 5.56 Å². The van der Waals surface area contributed by atoms with Crippen molar-refractivity contribution in [3.05, 3.63) is 34.6 Å². The number of rotatable bonds is 6. The molecule has 0 spiro atoms. The highest BCUT2D eigenvalue weighted by Gasteiger charge is 2.29. The van der Waals surface area contributed by atoms with E-state index in [0.29, 0.717) is 17.9 Å². The lowest BCUT2D eigenvalue weighted by Crippen LogP contribution is -2.23. The van der Waals surface area contributed by atoms with Crippen LogP contribution in [0, 0.1) is 23.6 Å². The molecule has 1 nitrogen and oxygen atoms in total. The maximum absolute atomic E-state index is 14.7. The van der Waals surface area contributed by atoms with Gasteiger partial charge in [-0.1, -0.05) is 50.3 Å². The SMILES string of the molecule is CCC[C@H]1CC[C@H](C2CC=C(c3ccc(OCC)c(Cl)c3F)CC2)CC1. The van der Waals surface area contributed by atoms with Gasteiger partial charge in [0.15, 0.2) is 5.82 Å². The molecule has 1 saturated carbocycles. The van der Waals surface area contributed by atoms with Crippen molar-refractivity contribution in [3.8, 4) is 5.75 Å². The Kier molecular flexibility index (Phi) is 7.03. The van der Waals surface area contributed by atoms with E-state index in [4.69, 9.17) is 16.3 Å². The Bertz CT molecular complexity index is 631. The highest BCUT2D eigenvalue weighted by molar-refractivity contribution is 6.32. The van der Waals surface area contributed by atoms with E-state index in [9.17, 15) is 4.39 Å². The zero-order valence-electron chi connectivity index (χ0n) is 16.2. The lowest BCUT2D eigenvalue weighted by atomic mass is 9.70. The Morgan fingerprint density at radius 1 is 1.08 bits per heavy atom. The number of halogens is 2. The van der Waals surface area contributed by atoms with Crippen molar-refractivity contribution < 1.29 is 9.13 Å². The van der Waals surface area contributed by atoms with Gasteiger partial charge in [-0.15, -0.1) is 0 Å². The molecule has 1 aromatic rings. The molecular weight excluding hydrogens is 347 g/mol. The minimum absolute atomic E-state index is 0.113. The average Bonchev–Trinajstić information content (AvgIpc) is 2.67. The molecule has 1 unspecified atom stereocenters. The Morgan fingerprint density at radius 3 is 2.46 bits per heavy atom. The largest absolute Gasteiger partial charge is 0.492 e. The first kappa shape index (κ1) is 19.7. The van der Waals surface area contributed by atoms with Gasteiger partial charge in [0.05, 0.1) is 6.61 Å². The van der Waals surface area contributed by atoms with E-state index in [0.717, 1.165) is 36.2 Å². The summed E-state index contributed by atoms with van der Waals surface area (Å²) in [5, 5.41) is 0.113. The highest BCUT2D eigenvalue weighted by atomic mass is 35.5. The second-order valence-electron chi connectivity index (χ2n) is 8.01. The van der Waals surface area contributed by atoms with Crippen molar-refractivity contribution in [2.75, 3.05) is 6.61 Å². The number of hydrogen-bond acceptors (Lipinski definition) is 1. The number of allylic oxidation sites excluding steroid dienone is 2. The minimum Gasteiger partial charge on any atom is -0.492 e. The second-order valence-corrected chi connectivity index (χ2v) is 8.38. The van der Waals surface area contributed by atoms with Gasteiger partial charge in [-0.05, 0) is 74.5 Å². The fourth-order valence-corrected chi connectivity index (χ4v) is 5.15. The maximum atomic E-state index is 14.7. The van der Waals surface area contributed by atoms with E-state index < -0.39 is 0 Å². The van der Waals surface area contributed by atoms with Gasteiger partial charge in [0.25, 0.3) is 0 Å². The van der Waals surface area contributed by atoms with Crippen LogP contribution in [-0.4, -0.2) is 6.61 Å². The van der Waals surface area contributed by atoms with E-state index in [-0.39, 0.29) is 10.8 Å². The van der Waals surface area contributed by atoms with Crippen molar-refractivity contribution in [1.82, 2.24) is 0 Å². The molecular formula is C23H32ClFO. The summed E-state index contributed by atoms with van der Waals surface area (Å²) in [6, 6.07) is 3.63. The first-order valence-electron chi connectivity index (χ1n) is 10.4. The summed E-state index contributed by atoms with van der Waals surface area (Å²) in [6.45, 7) is 4.66. The fourth-order valence-electron chi connectivity index (χ4n) is 4.93. The molecule has 0 radical (unpaired) electrons. The summed E-state index contributed by atoms with van der Waals surface area (Å²) >= 11 is 6.16. The third kappa shape index (κ3) is 4.44. The lowest BCUT2D eigenvalue weighted by Gasteiger charge is -2.35. The molecule has 0 bridgehead atoms. The summed E-state index contributed by atoms with van der Waals surface area (Å²) in [4.78, 5) is 0.